The topological polar surface area (TPSA) is 33.6 Å². The molecule has 0 amide bonds. The number of methoxy groups -OCH3 is 1. The van der Waals surface area contributed by atoms with Gasteiger partial charge in [0.15, 0.2) is 5.17 Å². The number of ether oxygens (including phenoxy) is 1. The number of aliphatic imine (C=N–C) groups is 1. The van der Waals surface area contributed by atoms with Gasteiger partial charge in [0.2, 0.25) is 0 Å². The lowest BCUT2D eigenvalue weighted by Gasteiger charge is -2.27. The predicted molar refractivity (Wildman–Crippen MR) is 67.7 cm³/mol. The zero-order valence-corrected chi connectivity index (χ0v) is 10.8. The number of thioether (sulfide) groups is 1. The molecule has 1 aliphatic heterocycles. The first-order valence-corrected chi connectivity index (χ1v) is 6.53. The Labute approximate surface area is 97.1 Å². The summed E-state index contributed by atoms with van der Waals surface area (Å²) >= 11 is 1.84. The van der Waals surface area contributed by atoms with Crippen LogP contribution in [0.3, 0.4) is 0 Å². The third-order valence-corrected chi connectivity index (χ3v) is 3.77. The molecule has 0 unspecified atom stereocenters. The predicted octanol–water partition coefficient (Wildman–Crippen LogP) is 2.13. The van der Waals surface area contributed by atoms with Crippen LogP contribution in [0.25, 0.3) is 0 Å². The third kappa shape index (κ3) is 5.42. The van der Waals surface area contributed by atoms with Crippen LogP contribution in [0.4, 0.5) is 0 Å². The largest absolute Gasteiger partial charge is 0.385 e. The van der Waals surface area contributed by atoms with E-state index < -0.39 is 0 Å². The molecule has 4 heteroatoms. The highest BCUT2D eigenvalue weighted by atomic mass is 32.2. The van der Waals surface area contributed by atoms with Gasteiger partial charge < -0.3 is 10.1 Å². The van der Waals surface area contributed by atoms with E-state index in [2.05, 4.69) is 24.2 Å². The van der Waals surface area contributed by atoms with Crippen molar-refractivity contribution in [3.63, 3.8) is 0 Å². The first-order chi connectivity index (χ1) is 7.14. The Bertz CT molecular complexity index is 217. The Kier molecular flexibility index (Phi) is 5.47. The maximum absolute atomic E-state index is 5.00. The lowest BCUT2D eigenvalue weighted by atomic mass is 9.97. The second-order valence-corrected chi connectivity index (χ2v) is 5.67. The summed E-state index contributed by atoms with van der Waals surface area (Å²) in [6.07, 6.45) is 2.27. The Morgan fingerprint density at radius 2 is 2.27 bits per heavy atom. The average molecular weight is 230 g/mol. The highest BCUT2D eigenvalue weighted by Gasteiger charge is 2.22. The highest BCUT2D eigenvalue weighted by Crippen LogP contribution is 2.26. The van der Waals surface area contributed by atoms with Crippen molar-refractivity contribution in [3.05, 3.63) is 0 Å². The molecule has 0 spiro atoms. The molecule has 1 rings (SSSR count). The summed E-state index contributed by atoms with van der Waals surface area (Å²) in [6.45, 7) is 7.34. The maximum Gasteiger partial charge on any atom is 0.156 e. The molecule has 1 aliphatic rings. The van der Waals surface area contributed by atoms with E-state index in [1.165, 1.54) is 0 Å². The molecular weight excluding hydrogens is 208 g/mol. The van der Waals surface area contributed by atoms with Gasteiger partial charge >= 0.3 is 0 Å². The van der Waals surface area contributed by atoms with E-state index in [-0.39, 0.29) is 0 Å². The number of nitrogens with one attached hydrogen (secondary N) is 1. The number of unbranched alkanes of at least 4 members (excludes halogenated alkanes) is 1. The lowest BCUT2D eigenvalue weighted by Crippen LogP contribution is -2.31. The van der Waals surface area contributed by atoms with Gasteiger partial charge in [-0.05, 0) is 18.3 Å². The van der Waals surface area contributed by atoms with Crippen LogP contribution in [0.2, 0.25) is 0 Å². The monoisotopic (exact) mass is 230 g/mol. The van der Waals surface area contributed by atoms with Gasteiger partial charge in [-0.15, -0.1) is 0 Å². The first kappa shape index (κ1) is 12.8. The van der Waals surface area contributed by atoms with Crippen LogP contribution < -0.4 is 5.32 Å². The fraction of sp³-hybridized carbons (Fsp3) is 0.909. The van der Waals surface area contributed by atoms with E-state index in [0.29, 0.717) is 5.41 Å². The number of hydrogen-bond donors (Lipinski definition) is 1. The Morgan fingerprint density at radius 3 is 2.87 bits per heavy atom. The Morgan fingerprint density at radius 1 is 1.47 bits per heavy atom. The quantitative estimate of drug-likeness (QED) is 0.735. The van der Waals surface area contributed by atoms with Crippen molar-refractivity contribution in [2.24, 2.45) is 10.4 Å². The molecule has 0 fully saturated rings. The van der Waals surface area contributed by atoms with Crippen LogP contribution in [0.1, 0.15) is 26.7 Å². The molecule has 0 saturated heterocycles. The van der Waals surface area contributed by atoms with Crippen molar-refractivity contribution >= 4 is 16.9 Å². The molecule has 0 saturated carbocycles. The van der Waals surface area contributed by atoms with Crippen LogP contribution in [-0.2, 0) is 4.74 Å². The average Bonchev–Trinajstić information content (AvgIpc) is 2.20. The van der Waals surface area contributed by atoms with Crippen LogP contribution in [0, 0.1) is 5.41 Å². The van der Waals surface area contributed by atoms with Crippen molar-refractivity contribution < 1.29 is 4.74 Å². The van der Waals surface area contributed by atoms with Crippen molar-refractivity contribution in [2.75, 3.05) is 32.6 Å². The SMILES string of the molecule is COCCCCNC1=NCC(C)(C)CS1. The number of nitrogens with zero attached hydrogens (tertiary/aromatic N) is 1. The molecular formula is C11H22N2OS. The van der Waals surface area contributed by atoms with E-state index in [9.17, 15) is 0 Å². The zero-order valence-electron chi connectivity index (χ0n) is 10.0. The second kappa shape index (κ2) is 6.38. The van der Waals surface area contributed by atoms with Gasteiger partial charge in [0.05, 0.1) is 0 Å². The minimum Gasteiger partial charge on any atom is -0.385 e. The second-order valence-electron chi connectivity index (χ2n) is 4.70. The molecule has 15 heavy (non-hydrogen) atoms. The molecule has 0 aromatic carbocycles. The van der Waals surface area contributed by atoms with E-state index in [4.69, 9.17) is 4.74 Å². The smallest absolute Gasteiger partial charge is 0.156 e. The molecule has 0 aromatic heterocycles. The molecule has 3 nitrogen and oxygen atoms in total. The molecule has 1 N–H and O–H groups in total. The van der Waals surface area contributed by atoms with Gasteiger partial charge in [-0.3, -0.25) is 4.99 Å². The number of amidine groups is 1. The molecule has 0 aliphatic carbocycles. The first-order valence-electron chi connectivity index (χ1n) is 5.54. The summed E-state index contributed by atoms with van der Waals surface area (Å²) in [6, 6.07) is 0. The molecule has 1 heterocycles. The minimum absolute atomic E-state index is 0.367. The van der Waals surface area contributed by atoms with E-state index in [0.717, 1.165) is 43.5 Å². The summed E-state index contributed by atoms with van der Waals surface area (Å²) in [4.78, 5) is 4.54. The molecule has 0 aromatic rings. The molecule has 88 valence electrons. The highest BCUT2D eigenvalue weighted by molar-refractivity contribution is 8.13. The molecule has 0 radical (unpaired) electrons. The van der Waals surface area contributed by atoms with Crippen LogP contribution in [0.5, 0.6) is 0 Å². The summed E-state index contributed by atoms with van der Waals surface area (Å²) < 4.78 is 5.00. The molecule has 0 bridgehead atoms. The summed E-state index contributed by atoms with van der Waals surface area (Å²) in [7, 11) is 1.75. The van der Waals surface area contributed by atoms with E-state index in [1.807, 2.05) is 11.8 Å². The van der Waals surface area contributed by atoms with Crippen LogP contribution in [0.15, 0.2) is 4.99 Å². The van der Waals surface area contributed by atoms with E-state index >= 15 is 0 Å². The standard InChI is InChI=1S/C11H22N2OS/c1-11(2)8-13-10(15-9-11)12-6-4-5-7-14-3/h4-9H2,1-3H3,(H,12,13). The maximum atomic E-state index is 5.00. The Hall–Kier alpha value is -0.220. The normalized spacial score (nSPS) is 19.8. The fourth-order valence-corrected chi connectivity index (χ4v) is 2.29. The fourth-order valence-electron chi connectivity index (χ4n) is 1.31. The van der Waals surface area contributed by atoms with Crippen molar-refractivity contribution in [1.82, 2.24) is 5.32 Å². The van der Waals surface area contributed by atoms with Gasteiger partial charge in [-0.25, -0.2) is 0 Å². The van der Waals surface area contributed by atoms with Gasteiger partial charge in [0.25, 0.3) is 0 Å². The van der Waals surface area contributed by atoms with Crippen molar-refractivity contribution in [2.45, 2.75) is 26.7 Å². The number of rotatable bonds is 5. The van der Waals surface area contributed by atoms with Crippen molar-refractivity contribution in [3.8, 4) is 0 Å². The Balaban J connectivity index is 2.10. The minimum atomic E-state index is 0.367. The van der Waals surface area contributed by atoms with E-state index in [1.54, 1.807) is 7.11 Å². The number of hydrogen-bond acceptors (Lipinski definition) is 4. The van der Waals surface area contributed by atoms with Crippen LogP contribution >= 0.6 is 11.8 Å². The third-order valence-electron chi connectivity index (χ3n) is 2.30. The summed E-state index contributed by atoms with van der Waals surface area (Å²) in [5.74, 6) is 1.16. The summed E-state index contributed by atoms with van der Waals surface area (Å²) in [5, 5.41) is 4.49. The lowest BCUT2D eigenvalue weighted by molar-refractivity contribution is 0.193. The van der Waals surface area contributed by atoms with Gasteiger partial charge in [-0.1, -0.05) is 25.6 Å². The van der Waals surface area contributed by atoms with Gasteiger partial charge in [0, 0.05) is 32.6 Å². The summed E-state index contributed by atoms with van der Waals surface area (Å²) in [5.41, 5.74) is 0.367. The molecule has 0 atom stereocenters. The van der Waals surface area contributed by atoms with Crippen molar-refractivity contribution in [1.29, 1.82) is 0 Å². The van der Waals surface area contributed by atoms with Gasteiger partial charge in [-0.2, -0.15) is 0 Å². The van der Waals surface area contributed by atoms with Crippen LogP contribution in [-0.4, -0.2) is 37.7 Å². The zero-order chi connectivity index (χ0) is 11.1. The van der Waals surface area contributed by atoms with Gasteiger partial charge in [0.1, 0.15) is 0 Å².